The highest BCUT2D eigenvalue weighted by molar-refractivity contribution is 5.75. The predicted molar refractivity (Wildman–Crippen MR) is 132 cm³/mol. The van der Waals surface area contributed by atoms with Gasteiger partial charge in [0.1, 0.15) is 0 Å². The van der Waals surface area contributed by atoms with Gasteiger partial charge in [0, 0.05) is 25.3 Å². The van der Waals surface area contributed by atoms with E-state index in [2.05, 4.69) is 40.7 Å². The maximum absolute atomic E-state index is 12.7. The molecule has 4 nitrogen and oxygen atoms in total. The molecule has 4 heteroatoms. The summed E-state index contributed by atoms with van der Waals surface area (Å²) in [5, 5.41) is 6.20. The van der Waals surface area contributed by atoms with Gasteiger partial charge in [-0.25, -0.2) is 4.79 Å². The van der Waals surface area contributed by atoms with Crippen molar-refractivity contribution in [3.05, 3.63) is 101 Å². The van der Waals surface area contributed by atoms with Crippen LogP contribution in [0.1, 0.15) is 48.1 Å². The van der Waals surface area contributed by atoms with E-state index in [-0.39, 0.29) is 12.1 Å². The second-order valence-corrected chi connectivity index (χ2v) is 8.46. The summed E-state index contributed by atoms with van der Waals surface area (Å²) in [5.41, 5.74) is 6.26. The minimum Gasteiger partial charge on any atom is -0.371 e. The molecule has 0 atom stereocenters. The Hall–Kier alpha value is -3.27. The van der Waals surface area contributed by atoms with E-state index in [0.717, 1.165) is 37.1 Å². The second kappa shape index (κ2) is 10.9. The molecular formula is C28H33N3O. The summed E-state index contributed by atoms with van der Waals surface area (Å²) in [5.74, 6) is 0. The number of carbonyl (C=O) groups is 1. The number of aryl methyl sites for hydroxylation is 1. The Morgan fingerprint density at radius 1 is 0.969 bits per heavy atom. The number of fused-ring (bicyclic) bond motifs is 1. The fourth-order valence-corrected chi connectivity index (χ4v) is 4.54. The van der Waals surface area contributed by atoms with Crippen LogP contribution in [0.4, 0.5) is 10.5 Å². The summed E-state index contributed by atoms with van der Waals surface area (Å²) < 4.78 is 0. The van der Waals surface area contributed by atoms with Crippen molar-refractivity contribution in [2.24, 2.45) is 0 Å². The maximum atomic E-state index is 12.7. The van der Waals surface area contributed by atoms with Gasteiger partial charge in [-0.3, -0.25) is 0 Å². The molecular weight excluding hydrogens is 394 g/mol. The molecule has 1 aliphatic heterocycles. The molecule has 0 aromatic heterocycles. The van der Waals surface area contributed by atoms with Crippen LogP contribution in [-0.2, 0) is 12.8 Å². The Kier molecular flexibility index (Phi) is 7.44. The van der Waals surface area contributed by atoms with Gasteiger partial charge in [0.15, 0.2) is 0 Å². The zero-order valence-electron chi connectivity index (χ0n) is 18.9. The third kappa shape index (κ3) is 5.50. The molecule has 3 aromatic carbocycles. The lowest BCUT2D eigenvalue weighted by molar-refractivity contribution is 0.239. The average molecular weight is 428 g/mol. The van der Waals surface area contributed by atoms with Gasteiger partial charge in [0.25, 0.3) is 0 Å². The van der Waals surface area contributed by atoms with Gasteiger partial charge in [-0.15, -0.1) is 0 Å². The first-order valence-corrected chi connectivity index (χ1v) is 11.8. The van der Waals surface area contributed by atoms with Crippen LogP contribution in [0, 0.1) is 0 Å². The lowest BCUT2D eigenvalue weighted by Gasteiger charge is -2.31. The predicted octanol–water partition coefficient (Wildman–Crippen LogP) is 5.48. The van der Waals surface area contributed by atoms with Crippen LogP contribution in [0.15, 0.2) is 78.9 Å². The van der Waals surface area contributed by atoms with Gasteiger partial charge >= 0.3 is 6.03 Å². The highest BCUT2D eigenvalue weighted by Gasteiger charge is 2.18. The Balaban J connectivity index is 1.35. The molecule has 2 amide bonds. The molecule has 4 rings (SSSR count). The van der Waals surface area contributed by atoms with Crippen LogP contribution in [0.5, 0.6) is 0 Å². The van der Waals surface area contributed by atoms with Crippen molar-refractivity contribution >= 4 is 11.7 Å². The lowest BCUT2D eigenvalue weighted by atomic mass is 9.98. The van der Waals surface area contributed by atoms with E-state index in [1.54, 1.807) is 0 Å². The van der Waals surface area contributed by atoms with Crippen LogP contribution in [0.2, 0.25) is 0 Å². The molecule has 32 heavy (non-hydrogen) atoms. The van der Waals surface area contributed by atoms with Gasteiger partial charge in [0.05, 0.1) is 6.04 Å². The van der Waals surface area contributed by atoms with Gasteiger partial charge in [-0.05, 0) is 54.0 Å². The first-order chi connectivity index (χ1) is 15.7. The number of carbonyl (C=O) groups excluding carboxylic acids is 1. The highest BCUT2D eigenvalue weighted by Crippen LogP contribution is 2.28. The number of rotatable bonds is 8. The van der Waals surface area contributed by atoms with Crippen LogP contribution < -0.4 is 15.5 Å². The fourth-order valence-electron chi connectivity index (χ4n) is 4.54. The third-order valence-corrected chi connectivity index (χ3v) is 6.09. The molecule has 1 heterocycles. The number of nitrogens with one attached hydrogen (secondary N) is 2. The summed E-state index contributed by atoms with van der Waals surface area (Å²) in [4.78, 5) is 15.2. The molecule has 0 aliphatic carbocycles. The van der Waals surface area contributed by atoms with Gasteiger partial charge < -0.3 is 15.5 Å². The van der Waals surface area contributed by atoms with Gasteiger partial charge in [-0.2, -0.15) is 0 Å². The Morgan fingerprint density at radius 2 is 1.66 bits per heavy atom. The first-order valence-electron chi connectivity index (χ1n) is 11.8. The molecule has 0 radical (unpaired) electrons. The molecule has 0 fully saturated rings. The van der Waals surface area contributed by atoms with Crippen molar-refractivity contribution < 1.29 is 4.79 Å². The summed E-state index contributed by atoms with van der Waals surface area (Å²) in [6.07, 6.45) is 4.37. The standard InChI is InChI=1S/C28H33N3O/c1-2-19-31-20-9-14-25-21-22(15-16-26(25)31)17-18-29-28(32)30-27(23-10-5-3-6-11-23)24-12-7-4-8-13-24/h3-8,10-13,15-16,21,27H,2,9,14,17-20H2,1H3,(H2,29,30,32). The quantitative estimate of drug-likeness (QED) is 0.500. The molecule has 0 spiro atoms. The van der Waals surface area contributed by atoms with Crippen molar-refractivity contribution in [2.75, 3.05) is 24.5 Å². The fraction of sp³-hybridized carbons (Fsp3) is 0.321. The number of anilines is 1. The minimum atomic E-state index is -0.175. The van der Waals surface area contributed by atoms with E-state index in [9.17, 15) is 4.79 Å². The molecule has 3 aromatic rings. The Bertz CT molecular complexity index is 964. The van der Waals surface area contributed by atoms with Crippen LogP contribution in [0.25, 0.3) is 0 Å². The number of urea groups is 1. The smallest absolute Gasteiger partial charge is 0.315 e. The zero-order chi connectivity index (χ0) is 22.2. The number of benzene rings is 3. The van der Waals surface area contributed by atoms with Crippen LogP contribution in [-0.4, -0.2) is 25.7 Å². The summed E-state index contributed by atoms with van der Waals surface area (Å²) in [6.45, 7) is 5.13. The van der Waals surface area contributed by atoms with E-state index in [0.29, 0.717) is 6.54 Å². The van der Waals surface area contributed by atoms with Gasteiger partial charge in [-0.1, -0.05) is 79.7 Å². The molecule has 166 valence electrons. The Morgan fingerprint density at radius 3 is 2.31 bits per heavy atom. The minimum absolute atomic E-state index is 0.144. The van der Waals surface area contributed by atoms with Crippen molar-refractivity contribution in [1.29, 1.82) is 0 Å². The van der Waals surface area contributed by atoms with Crippen molar-refractivity contribution in [3.8, 4) is 0 Å². The van der Waals surface area contributed by atoms with Crippen molar-refractivity contribution in [2.45, 2.75) is 38.6 Å². The van der Waals surface area contributed by atoms with Crippen LogP contribution >= 0.6 is 0 Å². The van der Waals surface area contributed by atoms with Crippen LogP contribution in [0.3, 0.4) is 0 Å². The maximum Gasteiger partial charge on any atom is 0.315 e. The molecule has 1 aliphatic rings. The van der Waals surface area contributed by atoms with Gasteiger partial charge in [0.2, 0.25) is 0 Å². The topological polar surface area (TPSA) is 44.4 Å². The summed E-state index contributed by atoms with van der Waals surface area (Å²) >= 11 is 0. The number of amides is 2. The van der Waals surface area contributed by atoms with E-state index in [4.69, 9.17) is 0 Å². The van der Waals surface area contributed by atoms with Crippen molar-refractivity contribution in [1.82, 2.24) is 10.6 Å². The normalized spacial score (nSPS) is 13.0. The summed E-state index contributed by atoms with van der Waals surface area (Å²) in [7, 11) is 0. The Labute approximate surface area is 191 Å². The summed E-state index contributed by atoms with van der Waals surface area (Å²) in [6, 6.07) is 26.7. The number of hydrogen-bond donors (Lipinski definition) is 2. The average Bonchev–Trinajstić information content (AvgIpc) is 2.84. The molecule has 0 saturated carbocycles. The number of nitrogens with zero attached hydrogens (tertiary/aromatic N) is 1. The lowest BCUT2D eigenvalue weighted by Crippen LogP contribution is -2.39. The number of hydrogen-bond acceptors (Lipinski definition) is 2. The SMILES string of the molecule is CCCN1CCCc2cc(CCNC(=O)NC(c3ccccc3)c3ccccc3)ccc21. The first kappa shape index (κ1) is 21.9. The monoisotopic (exact) mass is 427 g/mol. The van der Waals surface area contributed by atoms with E-state index in [1.165, 1.54) is 29.7 Å². The zero-order valence-corrected chi connectivity index (χ0v) is 18.9. The molecule has 2 N–H and O–H groups in total. The largest absolute Gasteiger partial charge is 0.371 e. The molecule has 0 bridgehead atoms. The second-order valence-electron chi connectivity index (χ2n) is 8.46. The van der Waals surface area contributed by atoms with Crippen molar-refractivity contribution in [3.63, 3.8) is 0 Å². The van der Waals surface area contributed by atoms with E-state index >= 15 is 0 Å². The highest BCUT2D eigenvalue weighted by atomic mass is 16.2. The molecule has 0 unspecified atom stereocenters. The molecule has 0 saturated heterocycles. The third-order valence-electron chi connectivity index (χ3n) is 6.09. The van der Waals surface area contributed by atoms with E-state index < -0.39 is 0 Å². The van der Waals surface area contributed by atoms with E-state index in [1.807, 2.05) is 60.7 Å².